The van der Waals surface area contributed by atoms with Gasteiger partial charge in [0.25, 0.3) is 0 Å². The summed E-state index contributed by atoms with van der Waals surface area (Å²) in [6, 6.07) is 0. The first-order chi connectivity index (χ1) is 1.00. The second kappa shape index (κ2) is 131. The van der Waals surface area contributed by atoms with Crippen LogP contribution in [-0.4, -0.2) is 21.5 Å². The van der Waals surface area contributed by atoms with Gasteiger partial charge in [0.2, 0.25) is 10.6 Å². The van der Waals surface area contributed by atoms with Crippen molar-refractivity contribution < 1.29 is 77.3 Å². The van der Waals surface area contributed by atoms with Gasteiger partial charge in [0.05, 0.1) is 0 Å². The van der Waals surface area contributed by atoms with E-state index in [1.54, 1.807) is 0 Å². The molecule has 0 aliphatic heterocycles. The van der Waals surface area contributed by atoms with Crippen molar-refractivity contribution in [1.82, 2.24) is 0 Å². The average molecular weight is 184 g/mol. The minimum absolute atomic E-state index is 0. The third-order valence-electron chi connectivity index (χ3n) is 0. The number of halogens is 4. The van der Waals surface area contributed by atoms with Crippen LogP contribution in [0, 0.1) is 0 Å². The SMILES string of the molecule is F[SiH3].[F-].[F-].[F-].[Na+].[Na+].[SiH3-]. The molecule has 0 saturated heterocycles. The quantitative estimate of drug-likeness (QED) is 0.199. The van der Waals surface area contributed by atoms with Crippen LogP contribution >= 0.6 is 0 Å². The first-order valence-electron chi connectivity index (χ1n) is 0.378. The van der Waals surface area contributed by atoms with Crippen molar-refractivity contribution in [3.05, 3.63) is 0 Å². The van der Waals surface area contributed by atoms with E-state index < -0.39 is 0 Å². The van der Waals surface area contributed by atoms with Crippen molar-refractivity contribution in [3.63, 3.8) is 0 Å². The molecule has 8 heavy (non-hydrogen) atoms. The Labute approximate surface area is 97.7 Å². The van der Waals surface area contributed by atoms with Gasteiger partial charge in [0.15, 0.2) is 0 Å². The third kappa shape index (κ3) is 90.0. The van der Waals surface area contributed by atoms with Crippen LogP contribution in [0.15, 0.2) is 0 Å². The molecule has 0 heterocycles. The zero-order chi connectivity index (χ0) is 2.00. The monoisotopic (exact) mass is 184 g/mol. The van der Waals surface area contributed by atoms with Crippen LogP contribution in [0.3, 0.4) is 0 Å². The second-order valence-corrected chi connectivity index (χ2v) is 0. The van der Waals surface area contributed by atoms with Crippen molar-refractivity contribution in [2.75, 3.05) is 0 Å². The van der Waals surface area contributed by atoms with Crippen LogP contribution in [0.5, 0.6) is 0 Å². The van der Waals surface area contributed by atoms with Crippen LogP contribution in [0.25, 0.3) is 0 Å². The van der Waals surface area contributed by atoms with E-state index in [1.807, 2.05) is 0 Å². The molecule has 0 aromatic carbocycles. The van der Waals surface area contributed by atoms with Gasteiger partial charge in [-0.2, -0.15) is 0 Å². The Morgan fingerprint density at radius 3 is 0.750 bits per heavy atom. The fourth-order valence-corrected chi connectivity index (χ4v) is 0. The molecule has 0 amide bonds. The summed E-state index contributed by atoms with van der Waals surface area (Å²) in [6.07, 6.45) is 0. The molecular formula is H6F4Na2Si2-2. The maximum atomic E-state index is 9.64. The molecule has 0 atom stereocenters. The molecule has 0 fully saturated rings. The van der Waals surface area contributed by atoms with E-state index in [4.69, 9.17) is 0 Å². The minimum atomic E-state index is -0.194. The van der Waals surface area contributed by atoms with E-state index in [9.17, 15) is 4.11 Å². The molecule has 0 unspecified atom stereocenters. The van der Waals surface area contributed by atoms with Gasteiger partial charge in [-0.25, -0.2) is 0 Å². The summed E-state index contributed by atoms with van der Waals surface area (Å²) < 4.78 is 9.64. The first-order valence-corrected chi connectivity index (χ1v) is 1.13. The van der Waals surface area contributed by atoms with Crippen molar-refractivity contribution in [2.24, 2.45) is 0 Å². The van der Waals surface area contributed by atoms with Gasteiger partial charge in [-0.1, -0.05) is 0 Å². The predicted molar refractivity (Wildman–Crippen MR) is 21.0 cm³/mol. The Bertz CT molecular complexity index is 12.0. The van der Waals surface area contributed by atoms with Crippen LogP contribution < -0.4 is 73.2 Å². The topological polar surface area (TPSA) is 0 Å². The number of hydrogen-bond donors (Lipinski definition) is 0. The maximum Gasteiger partial charge on any atom is 1.00 e. The van der Waals surface area contributed by atoms with Crippen LogP contribution in [0.1, 0.15) is 0 Å². The van der Waals surface area contributed by atoms with Gasteiger partial charge in [0.1, 0.15) is 0 Å². The standard InChI is InChI=1S/FH3Si.3FH.2Na.H3Si/c1-2;;;;;;/h2H3;3*1H;;;1H3/q;;;;2*+1;-1/p-3. The molecule has 0 spiro atoms. The molecule has 0 aliphatic carbocycles. The molecule has 0 saturated carbocycles. The normalized spacial score (nSPS) is 1.12. The molecule has 0 rings (SSSR count). The van der Waals surface area contributed by atoms with Gasteiger partial charge >= 0.3 is 59.1 Å². The largest absolute Gasteiger partial charge is 1.00 e. The molecular weight excluding hydrogens is 178 g/mol. The molecule has 0 aromatic heterocycles. The van der Waals surface area contributed by atoms with Crippen molar-refractivity contribution in [1.29, 1.82) is 0 Å². The summed E-state index contributed by atoms with van der Waals surface area (Å²) in [4.78, 5) is 0. The smallest absolute Gasteiger partial charge is 1.00 e. The molecule has 0 aromatic rings. The van der Waals surface area contributed by atoms with Gasteiger partial charge in [-0.3, -0.25) is 0 Å². The van der Waals surface area contributed by atoms with Crippen LogP contribution in [0.2, 0.25) is 0 Å². The molecule has 0 radical (unpaired) electrons. The fourth-order valence-electron chi connectivity index (χ4n) is 0. The molecule has 46 valence electrons. The van der Waals surface area contributed by atoms with Crippen molar-refractivity contribution in [3.8, 4) is 0 Å². The summed E-state index contributed by atoms with van der Waals surface area (Å²) >= 11 is 0. The third-order valence-corrected chi connectivity index (χ3v) is 0. The molecule has 0 bridgehead atoms. The zero-order valence-corrected chi connectivity index (χ0v) is 13.5. The van der Waals surface area contributed by atoms with E-state index >= 15 is 0 Å². The van der Waals surface area contributed by atoms with Gasteiger partial charge in [-0.05, 0) is 0 Å². The summed E-state index contributed by atoms with van der Waals surface area (Å²) in [6.45, 7) is 0. The molecule has 0 aliphatic rings. The molecule has 0 nitrogen and oxygen atoms in total. The van der Waals surface area contributed by atoms with Crippen LogP contribution in [-0.2, 0) is 0 Å². The van der Waals surface area contributed by atoms with E-state index in [0.717, 1.165) is 0 Å². The maximum absolute atomic E-state index is 9.64. The minimum Gasteiger partial charge on any atom is -1.00 e. The van der Waals surface area contributed by atoms with Gasteiger partial charge < -0.3 is 29.2 Å². The Balaban J connectivity index is -0.000000000333. The Morgan fingerprint density at radius 2 is 0.750 bits per heavy atom. The summed E-state index contributed by atoms with van der Waals surface area (Å²) in [5, 5.41) is 0. The van der Waals surface area contributed by atoms with E-state index in [-0.39, 0.29) is 94.8 Å². The van der Waals surface area contributed by atoms with Crippen molar-refractivity contribution in [2.45, 2.75) is 0 Å². The van der Waals surface area contributed by atoms with Gasteiger partial charge in [0, 0.05) is 0 Å². The zero-order valence-electron chi connectivity index (χ0n) is 5.51. The Morgan fingerprint density at radius 1 is 0.750 bits per heavy atom. The summed E-state index contributed by atoms with van der Waals surface area (Å²) in [5.74, 6) is 0. The summed E-state index contributed by atoms with van der Waals surface area (Å²) in [7, 11) is -0.194. The van der Waals surface area contributed by atoms with Gasteiger partial charge in [-0.15, -0.1) is 0 Å². The van der Waals surface area contributed by atoms with E-state index in [1.165, 1.54) is 0 Å². The second-order valence-electron chi connectivity index (χ2n) is 0. The summed E-state index contributed by atoms with van der Waals surface area (Å²) in [5.41, 5.74) is 0. The first kappa shape index (κ1) is 85.5. The Hall–Kier alpha value is 2.15. The fraction of sp³-hybridized carbons (Fsp3) is 0. The Kier molecular flexibility index (Phi) is 1400. The van der Waals surface area contributed by atoms with E-state index in [0.29, 0.717) is 0 Å². The number of rotatable bonds is 0. The average Bonchev–Trinajstić information content (AvgIpc) is 1.00. The van der Waals surface area contributed by atoms with Crippen LogP contribution in [0.4, 0.5) is 4.11 Å². The molecule has 8 heteroatoms. The van der Waals surface area contributed by atoms with Crippen molar-refractivity contribution >= 4 is 21.5 Å². The molecule has 0 N–H and O–H groups in total. The van der Waals surface area contributed by atoms with E-state index in [2.05, 4.69) is 0 Å². The predicted octanol–water partition coefficient (Wildman–Crippen LogP) is -16.9. The number of hydrogen-bond acceptors (Lipinski definition) is 0.